The molecule has 1 N–H and O–H groups in total. The van der Waals surface area contributed by atoms with E-state index in [0.717, 1.165) is 22.4 Å². The Morgan fingerprint density at radius 3 is 1.64 bits per heavy atom. The van der Waals surface area contributed by atoms with Crippen LogP contribution in [0.1, 0.15) is 0 Å². The van der Waals surface area contributed by atoms with E-state index < -0.39 is 19.6 Å². The van der Waals surface area contributed by atoms with Crippen LogP contribution in [0, 0.1) is 11.6 Å². The highest BCUT2D eigenvalue weighted by molar-refractivity contribution is 7.80. The molecular formula is C24H18F2NP. The Balaban J connectivity index is 1.91. The largest absolute Gasteiger partial charge is 0.353 e. The molecule has 0 aromatic heterocycles. The summed E-state index contributed by atoms with van der Waals surface area (Å²) >= 11 is 0. The third-order valence-corrected chi connectivity index (χ3v) is 6.81. The van der Waals surface area contributed by atoms with Crippen molar-refractivity contribution in [1.82, 2.24) is 0 Å². The molecule has 0 aliphatic rings. The highest BCUT2D eigenvalue weighted by Crippen LogP contribution is 2.37. The molecule has 0 atom stereocenters. The van der Waals surface area contributed by atoms with Crippen molar-refractivity contribution in [3.05, 3.63) is 115 Å². The van der Waals surface area contributed by atoms with Gasteiger partial charge in [-0.25, -0.2) is 8.78 Å². The minimum atomic E-state index is -1.14. The van der Waals surface area contributed by atoms with E-state index in [1.54, 1.807) is 0 Å². The summed E-state index contributed by atoms with van der Waals surface area (Å²) in [7, 11) is -1.14. The zero-order valence-corrected chi connectivity index (χ0v) is 15.9. The van der Waals surface area contributed by atoms with Gasteiger partial charge in [0.1, 0.15) is 11.6 Å². The first kappa shape index (κ1) is 18.3. The van der Waals surface area contributed by atoms with Crippen molar-refractivity contribution >= 4 is 35.2 Å². The molecule has 0 bridgehead atoms. The summed E-state index contributed by atoms with van der Waals surface area (Å²) in [6.07, 6.45) is 0. The molecule has 0 saturated carbocycles. The number of para-hydroxylation sites is 1. The average molecular weight is 389 g/mol. The van der Waals surface area contributed by atoms with E-state index in [9.17, 15) is 8.78 Å². The number of benzene rings is 4. The fourth-order valence-corrected chi connectivity index (χ4v) is 5.54. The van der Waals surface area contributed by atoms with E-state index in [1.807, 2.05) is 91.0 Å². The molecule has 1 nitrogen and oxygen atoms in total. The minimum Gasteiger partial charge on any atom is -0.353 e. The van der Waals surface area contributed by atoms with Crippen molar-refractivity contribution in [3.8, 4) is 0 Å². The SMILES string of the molecule is Fc1cc(F)c(Nc2ccccc2)c(P(c2ccccc2)c2ccccc2)c1. The quantitative estimate of drug-likeness (QED) is 0.447. The molecule has 4 rings (SSSR count). The van der Waals surface area contributed by atoms with Crippen LogP contribution in [-0.4, -0.2) is 0 Å². The van der Waals surface area contributed by atoms with Crippen LogP contribution in [0.3, 0.4) is 0 Å². The van der Waals surface area contributed by atoms with E-state index in [4.69, 9.17) is 0 Å². The third kappa shape index (κ3) is 3.95. The van der Waals surface area contributed by atoms with Crippen LogP contribution in [0.15, 0.2) is 103 Å². The van der Waals surface area contributed by atoms with E-state index >= 15 is 0 Å². The average Bonchev–Trinajstić information content (AvgIpc) is 2.73. The van der Waals surface area contributed by atoms with Crippen molar-refractivity contribution < 1.29 is 8.78 Å². The monoisotopic (exact) mass is 389 g/mol. The maximum Gasteiger partial charge on any atom is 0.150 e. The molecular weight excluding hydrogens is 371 g/mol. The van der Waals surface area contributed by atoms with Crippen LogP contribution >= 0.6 is 7.92 Å². The van der Waals surface area contributed by atoms with Crippen molar-refractivity contribution in [3.63, 3.8) is 0 Å². The predicted molar refractivity (Wildman–Crippen MR) is 115 cm³/mol. The van der Waals surface area contributed by atoms with Crippen LogP contribution in [0.2, 0.25) is 0 Å². The summed E-state index contributed by atoms with van der Waals surface area (Å²) in [6, 6.07) is 31.5. The number of rotatable bonds is 5. The van der Waals surface area contributed by atoms with E-state index in [1.165, 1.54) is 6.07 Å². The van der Waals surface area contributed by atoms with Gasteiger partial charge in [-0.05, 0) is 36.7 Å². The van der Waals surface area contributed by atoms with Crippen molar-refractivity contribution in [2.75, 3.05) is 5.32 Å². The first-order valence-corrected chi connectivity index (χ1v) is 10.3. The van der Waals surface area contributed by atoms with E-state index in [-0.39, 0.29) is 0 Å². The van der Waals surface area contributed by atoms with Gasteiger partial charge < -0.3 is 5.32 Å². The van der Waals surface area contributed by atoms with Gasteiger partial charge in [0.15, 0.2) is 0 Å². The molecule has 0 aliphatic carbocycles. The fourth-order valence-electron chi connectivity index (χ4n) is 3.11. The summed E-state index contributed by atoms with van der Waals surface area (Å²) < 4.78 is 29.2. The first-order chi connectivity index (χ1) is 13.7. The highest BCUT2D eigenvalue weighted by atomic mass is 31.1. The Labute approximate surface area is 164 Å². The Morgan fingerprint density at radius 1 is 0.607 bits per heavy atom. The van der Waals surface area contributed by atoms with Gasteiger partial charge in [-0.15, -0.1) is 0 Å². The predicted octanol–water partition coefficient (Wildman–Crippen LogP) is 5.47. The molecule has 4 heteroatoms. The highest BCUT2D eigenvalue weighted by Gasteiger charge is 2.23. The molecule has 4 aromatic rings. The van der Waals surface area contributed by atoms with Crippen LogP contribution in [-0.2, 0) is 0 Å². The second kappa shape index (κ2) is 8.33. The lowest BCUT2D eigenvalue weighted by Gasteiger charge is -2.23. The smallest absolute Gasteiger partial charge is 0.150 e. The minimum absolute atomic E-state index is 0.311. The summed E-state index contributed by atoms with van der Waals surface area (Å²) in [4.78, 5) is 0. The van der Waals surface area contributed by atoms with Crippen LogP contribution in [0.5, 0.6) is 0 Å². The van der Waals surface area contributed by atoms with Gasteiger partial charge in [0, 0.05) is 17.1 Å². The lowest BCUT2D eigenvalue weighted by atomic mass is 10.2. The Bertz CT molecular complexity index is 1010. The normalized spacial score (nSPS) is 10.8. The summed E-state index contributed by atoms with van der Waals surface area (Å²) in [5.41, 5.74) is 1.07. The summed E-state index contributed by atoms with van der Waals surface area (Å²) in [5.74, 6) is -1.18. The van der Waals surface area contributed by atoms with Gasteiger partial charge in [0.25, 0.3) is 0 Å². The molecule has 0 unspecified atom stereocenters. The fraction of sp³-hybridized carbons (Fsp3) is 0. The molecule has 4 aromatic carbocycles. The van der Waals surface area contributed by atoms with Crippen LogP contribution < -0.4 is 21.2 Å². The van der Waals surface area contributed by atoms with Crippen molar-refractivity contribution in [2.45, 2.75) is 0 Å². The molecule has 28 heavy (non-hydrogen) atoms. The maximum absolute atomic E-state index is 14.9. The van der Waals surface area contributed by atoms with Gasteiger partial charge in [0.2, 0.25) is 0 Å². The van der Waals surface area contributed by atoms with Gasteiger partial charge in [-0.2, -0.15) is 0 Å². The molecule has 0 radical (unpaired) electrons. The third-order valence-electron chi connectivity index (χ3n) is 4.35. The topological polar surface area (TPSA) is 12.0 Å². The number of halogens is 2. The Morgan fingerprint density at radius 2 is 1.11 bits per heavy atom. The molecule has 0 saturated heterocycles. The second-order valence-electron chi connectivity index (χ2n) is 6.28. The van der Waals surface area contributed by atoms with Crippen LogP contribution in [0.25, 0.3) is 0 Å². The van der Waals surface area contributed by atoms with Crippen LogP contribution in [0.4, 0.5) is 20.2 Å². The number of anilines is 2. The molecule has 0 heterocycles. The number of hydrogen-bond acceptors (Lipinski definition) is 1. The number of nitrogens with one attached hydrogen (secondary N) is 1. The van der Waals surface area contributed by atoms with Gasteiger partial charge in [-0.3, -0.25) is 0 Å². The summed E-state index contributed by atoms with van der Waals surface area (Å²) in [6.45, 7) is 0. The van der Waals surface area contributed by atoms with E-state index in [2.05, 4.69) is 5.32 Å². The standard InChI is InChI=1S/C24H18F2NP/c25-18-16-22(26)24(27-19-10-4-1-5-11-19)23(17-18)28(20-12-6-2-7-13-20)21-14-8-3-9-15-21/h1-17,27H. The molecule has 0 aliphatic heterocycles. The number of hydrogen-bond donors (Lipinski definition) is 1. The molecule has 0 spiro atoms. The Kier molecular flexibility index (Phi) is 5.45. The molecule has 138 valence electrons. The van der Waals surface area contributed by atoms with Crippen molar-refractivity contribution in [2.24, 2.45) is 0 Å². The van der Waals surface area contributed by atoms with E-state index in [0.29, 0.717) is 11.0 Å². The first-order valence-electron chi connectivity index (χ1n) is 8.94. The second-order valence-corrected chi connectivity index (χ2v) is 8.46. The maximum atomic E-state index is 14.9. The zero-order valence-electron chi connectivity index (χ0n) is 15.0. The van der Waals surface area contributed by atoms with Gasteiger partial charge >= 0.3 is 0 Å². The Hall–Kier alpha value is -3.03. The lowest BCUT2D eigenvalue weighted by molar-refractivity contribution is 0.588. The van der Waals surface area contributed by atoms with Gasteiger partial charge in [-0.1, -0.05) is 78.9 Å². The molecule has 0 amide bonds. The molecule has 0 fully saturated rings. The van der Waals surface area contributed by atoms with Gasteiger partial charge in [0.05, 0.1) is 5.69 Å². The lowest BCUT2D eigenvalue weighted by Crippen LogP contribution is -2.24. The summed E-state index contributed by atoms with van der Waals surface area (Å²) in [5, 5.41) is 5.85. The van der Waals surface area contributed by atoms with Crippen molar-refractivity contribution in [1.29, 1.82) is 0 Å². The zero-order chi connectivity index (χ0) is 19.3.